The van der Waals surface area contributed by atoms with Gasteiger partial charge in [-0.25, -0.2) is 4.79 Å². The van der Waals surface area contributed by atoms with Gasteiger partial charge >= 0.3 is 5.97 Å². The molecule has 4 aromatic rings. The number of aliphatic hydroxyl groups is 1. The maximum Gasteiger partial charge on any atom is 0.355 e. The summed E-state index contributed by atoms with van der Waals surface area (Å²) in [5.74, 6) is 0.886. The van der Waals surface area contributed by atoms with Crippen LogP contribution in [-0.2, 0) is 17.9 Å². The number of benzene rings is 2. The van der Waals surface area contributed by atoms with Gasteiger partial charge in [0.1, 0.15) is 18.1 Å². The molecule has 2 aromatic carbocycles. The third-order valence-corrected chi connectivity index (χ3v) is 6.23. The smallest absolute Gasteiger partial charge is 0.355 e. The molecular weight excluding hydrogens is 504 g/mol. The molecule has 0 amide bonds. The van der Waals surface area contributed by atoms with Gasteiger partial charge in [0.05, 0.1) is 39.5 Å². The summed E-state index contributed by atoms with van der Waals surface area (Å²) in [6.45, 7) is 0.134. The minimum atomic E-state index is -0.703. The fourth-order valence-corrected chi connectivity index (χ4v) is 4.43. The predicted molar refractivity (Wildman–Crippen MR) is 145 cm³/mol. The molecule has 10 nitrogen and oxygen atoms in total. The molecule has 0 spiro atoms. The lowest BCUT2D eigenvalue weighted by Crippen LogP contribution is -2.28. The van der Waals surface area contributed by atoms with Crippen LogP contribution >= 0.6 is 0 Å². The van der Waals surface area contributed by atoms with Crippen LogP contribution < -0.4 is 24.5 Å². The summed E-state index contributed by atoms with van der Waals surface area (Å²) in [5.41, 5.74) is 1.33. The van der Waals surface area contributed by atoms with Gasteiger partial charge in [-0.3, -0.25) is 9.78 Å². The average molecular weight is 535 g/mol. The summed E-state index contributed by atoms with van der Waals surface area (Å²) in [6, 6.07) is 14.0. The molecule has 0 unspecified atom stereocenters. The largest absolute Gasteiger partial charge is 0.493 e. The molecule has 0 fully saturated rings. The van der Waals surface area contributed by atoms with Gasteiger partial charge in [-0.05, 0) is 59.8 Å². The second-order valence-electron chi connectivity index (χ2n) is 8.48. The van der Waals surface area contributed by atoms with Crippen molar-refractivity contribution in [1.29, 1.82) is 0 Å². The van der Waals surface area contributed by atoms with Gasteiger partial charge in [-0.15, -0.1) is 0 Å². The first-order chi connectivity index (χ1) is 19.0. The van der Waals surface area contributed by atoms with E-state index in [1.165, 1.54) is 33.0 Å². The Morgan fingerprint density at radius 2 is 1.69 bits per heavy atom. The molecule has 0 aliphatic carbocycles. The summed E-state index contributed by atoms with van der Waals surface area (Å²) >= 11 is 0. The monoisotopic (exact) mass is 534 g/mol. The molecule has 204 valence electrons. The van der Waals surface area contributed by atoms with E-state index in [1.54, 1.807) is 36.5 Å². The molecule has 0 radical (unpaired) electrons. The van der Waals surface area contributed by atoms with Crippen molar-refractivity contribution in [3.8, 4) is 34.1 Å². The second kappa shape index (κ2) is 12.3. The maximum atomic E-state index is 13.8. The molecule has 0 saturated carbocycles. The van der Waals surface area contributed by atoms with Gasteiger partial charge in [0, 0.05) is 24.9 Å². The third kappa shape index (κ3) is 5.51. The third-order valence-electron chi connectivity index (χ3n) is 6.23. The lowest BCUT2D eigenvalue weighted by atomic mass is 9.95. The fraction of sp³-hybridized carbons (Fsp3) is 0.276. The summed E-state index contributed by atoms with van der Waals surface area (Å²) < 4.78 is 28.9. The molecule has 0 atom stereocenters. The zero-order valence-corrected chi connectivity index (χ0v) is 22.2. The lowest BCUT2D eigenvalue weighted by molar-refractivity contribution is 0.0587. The van der Waals surface area contributed by atoms with Crippen LogP contribution in [0.4, 0.5) is 0 Å². The molecule has 2 heterocycles. The number of carbonyl (C=O) groups is 1. The van der Waals surface area contributed by atoms with Crippen LogP contribution in [0.25, 0.3) is 21.9 Å². The number of aliphatic hydroxyl groups excluding tert-OH is 1. The van der Waals surface area contributed by atoms with E-state index in [2.05, 4.69) is 4.98 Å². The van der Waals surface area contributed by atoms with Crippen molar-refractivity contribution < 1.29 is 33.6 Å². The van der Waals surface area contributed by atoms with E-state index < -0.39 is 11.5 Å². The molecule has 0 aliphatic heterocycles. The van der Waals surface area contributed by atoms with Crippen LogP contribution in [0.5, 0.6) is 23.0 Å². The van der Waals surface area contributed by atoms with Crippen LogP contribution in [0.3, 0.4) is 0 Å². The van der Waals surface area contributed by atoms with Crippen molar-refractivity contribution in [3.63, 3.8) is 0 Å². The Hall–Kier alpha value is -4.57. The number of carbonyl (C=O) groups excluding carboxylic acids is 1. The first-order valence-electron chi connectivity index (χ1n) is 12.2. The zero-order valence-electron chi connectivity index (χ0n) is 22.2. The molecule has 0 aliphatic rings. The summed E-state index contributed by atoms with van der Waals surface area (Å²) in [7, 11) is 5.74. The topological polar surface area (TPSA) is 118 Å². The molecule has 10 heteroatoms. The summed E-state index contributed by atoms with van der Waals surface area (Å²) in [4.78, 5) is 31.2. The van der Waals surface area contributed by atoms with Crippen molar-refractivity contribution >= 4 is 16.7 Å². The maximum absolute atomic E-state index is 13.8. The molecule has 1 N–H and O–H groups in total. The normalized spacial score (nSPS) is 10.8. The Bertz CT molecular complexity index is 1510. The van der Waals surface area contributed by atoms with Crippen molar-refractivity contribution in [2.45, 2.75) is 19.6 Å². The van der Waals surface area contributed by atoms with E-state index in [9.17, 15) is 14.7 Å². The SMILES string of the molecule is COC(=O)c1c(-c2cc(OC)c(OC)c(OC)c2)c2ccc(OCc3ccccn3)cc2c(=O)n1CCCO. The minimum absolute atomic E-state index is 0.0416. The molecule has 39 heavy (non-hydrogen) atoms. The Balaban J connectivity index is 2.01. The number of rotatable bonds is 11. The van der Waals surface area contributed by atoms with Crippen LogP contribution in [-0.4, -0.2) is 55.7 Å². The van der Waals surface area contributed by atoms with E-state index in [1.807, 2.05) is 18.2 Å². The lowest BCUT2D eigenvalue weighted by Gasteiger charge is -2.20. The van der Waals surface area contributed by atoms with E-state index in [-0.39, 0.29) is 31.9 Å². The Labute approximate surface area is 225 Å². The predicted octanol–water partition coefficient (Wildman–Crippen LogP) is 3.84. The fourth-order valence-electron chi connectivity index (χ4n) is 4.43. The van der Waals surface area contributed by atoms with E-state index in [0.29, 0.717) is 44.9 Å². The average Bonchev–Trinajstić information content (AvgIpc) is 2.98. The zero-order chi connectivity index (χ0) is 27.9. The summed E-state index contributed by atoms with van der Waals surface area (Å²) in [5, 5.41) is 10.3. The van der Waals surface area contributed by atoms with Crippen LogP contribution in [0.2, 0.25) is 0 Å². The van der Waals surface area contributed by atoms with E-state index in [0.717, 1.165) is 5.69 Å². The molecular formula is C29H30N2O8. The highest BCUT2D eigenvalue weighted by Crippen LogP contribution is 2.43. The van der Waals surface area contributed by atoms with Gasteiger partial charge in [0.2, 0.25) is 5.75 Å². The van der Waals surface area contributed by atoms with Crippen LogP contribution in [0.1, 0.15) is 22.6 Å². The number of nitrogens with zero attached hydrogens (tertiary/aromatic N) is 2. The number of esters is 1. The van der Waals surface area contributed by atoms with Crippen molar-refractivity contribution in [2.75, 3.05) is 35.0 Å². The number of hydrogen-bond acceptors (Lipinski definition) is 9. The van der Waals surface area contributed by atoms with Crippen molar-refractivity contribution in [2.24, 2.45) is 0 Å². The van der Waals surface area contributed by atoms with Crippen LogP contribution in [0.15, 0.2) is 59.5 Å². The highest BCUT2D eigenvalue weighted by atomic mass is 16.5. The highest BCUT2D eigenvalue weighted by Gasteiger charge is 2.26. The first kappa shape index (κ1) is 27.5. The van der Waals surface area contributed by atoms with Gasteiger partial charge in [-0.2, -0.15) is 0 Å². The van der Waals surface area contributed by atoms with Gasteiger partial charge in [-0.1, -0.05) is 6.07 Å². The molecule has 4 rings (SSSR count). The number of hydrogen-bond donors (Lipinski definition) is 1. The quantitative estimate of drug-likeness (QED) is 0.286. The Kier molecular flexibility index (Phi) is 8.67. The summed E-state index contributed by atoms with van der Waals surface area (Å²) in [6.07, 6.45) is 1.93. The Morgan fingerprint density at radius 3 is 2.28 bits per heavy atom. The van der Waals surface area contributed by atoms with Gasteiger partial charge in [0.25, 0.3) is 5.56 Å². The number of methoxy groups -OCH3 is 4. The van der Waals surface area contributed by atoms with Crippen LogP contribution in [0, 0.1) is 0 Å². The first-order valence-corrected chi connectivity index (χ1v) is 12.2. The number of fused-ring (bicyclic) bond motifs is 1. The molecule has 0 bridgehead atoms. The molecule has 0 saturated heterocycles. The minimum Gasteiger partial charge on any atom is -0.493 e. The van der Waals surface area contributed by atoms with E-state index in [4.69, 9.17) is 23.7 Å². The van der Waals surface area contributed by atoms with Crippen molar-refractivity contribution in [1.82, 2.24) is 9.55 Å². The van der Waals surface area contributed by atoms with Gasteiger partial charge < -0.3 is 33.4 Å². The standard InChI is InChI=1S/C29H30N2O8/c1-35-23-14-18(15-24(36-2)27(23)37-3)25-21-10-9-20(39-17-19-8-5-6-11-30-19)16-22(21)28(33)31(12-7-13-32)26(25)29(34)38-4/h5-6,8-11,14-16,32H,7,12-13,17H2,1-4H3. The number of ether oxygens (including phenoxy) is 5. The van der Waals surface area contributed by atoms with E-state index >= 15 is 0 Å². The number of aromatic nitrogens is 2. The highest BCUT2D eigenvalue weighted by molar-refractivity contribution is 6.07. The second-order valence-corrected chi connectivity index (χ2v) is 8.48. The number of pyridine rings is 2. The Morgan fingerprint density at radius 1 is 0.949 bits per heavy atom. The van der Waals surface area contributed by atoms with Crippen molar-refractivity contribution in [3.05, 3.63) is 76.5 Å². The van der Waals surface area contributed by atoms with Gasteiger partial charge in [0.15, 0.2) is 11.5 Å². The molecule has 2 aromatic heterocycles.